The molecule has 25 heavy (non-hydrogen) atoms. The lowest BCUT2D eigenvalue weighted by Crippen LogP contribution is -2.25. The summed E-state index contributed by atoms with van der Waals surface area (Å²) in [6, 6.07) is 32.0. The molecule has 0 spiro atoms. The zero-order chi connectivity index (χ0) is 17.5. The van der Waals surface area contributed by atoms with E-state index in [1.807, 2.05) is 0 Å². The molecule has 3 rings (SSSR count). The Hall–Kier alpha value is -2.43. The molecular weight excluding hydrogens is 320 g/mol. The second kappa shape index (κ2) is 8.10. The van der Waals surface area contributed by atoms with Crippen molar-refractivity contribution < 1.29 is 0 Å². The standard InChI is InChI=1S/C24H22S/c1-20(2)18-19-25-24(21-12-6-3-7-13-21,22-14-8-4-9-15-22)23-16-10-5-11-17-23/h3-17,20H,1-2H3. The van der Waals surface area contributed by atoms with E-state index < -0.39 is 0 Å². The topological polar surface area (TPSA) is 0 Å². The van der Waals surface area contributed by atoms with E-state index in [-0.39, 0.29) is 4.75 Å². The Morgan fingerprint density at radius 2 is 1.00 bits per heavy atom. The van der Waals surface area contributed by atoms with Crippen LogP contribution in [0.3, 0.4) is 0 Å². The van der Waals surface area contributed by atoms with Crippen LogP contribution in [0.1, 0.15) is 30.5 Å². The van der Waals surface area contributed by atoms with Crippen LogP contribution in [0.25, 0.3) is 0 Å². The summed E-state index contributed by atoms with van der Waals surface area (Å²) in [5.74, 6) is 3.68. The minimum absolute atomic E-state index is 0.342. The molecule has 0 radical (unpaired) electrons. The number of thioether (sulfide) groups is 1. The Morgan fingerprint density at radius 3 is 1.32 bits per heavy atom. The van der Waals surface area contributed by atoms with Crippen molar-refractivity contribution in [3.63, 3.8) is 0 Å². The van der Waals surface area contributed by atoms with Gasteiger partial charge >= 0.3 is 0 Å². The van der Waals surface area contributed by atoms with Crippen LogP contribution < -0.4 is 0 Å². The van der Waals surface area contributed by atoms with Crippen molar-refractivity contribution >= 4 is 11.8 Å². The van der Waals surface area contributed by atoms with Crippen molar-refractivity contribution in [1.29, 1.82) is 0 Å². The van der Waals surface area contributed by atoms with Gasteiger partial charge in [-0.25, -0.2) is 0 Å². The van der Waals surface area contributed by atoms with Gasteiger partial charge in [-0.1, -0.05) is 123 Å². The van der Waals surface area contributed by atoms with Gasteiger partial charge in [0.15, 0.2) is 0 Å². The van der Waals surface area contributed by atoms with Gasteiger partial charge in [0, 0.05) is 5.92 Å². The molecule has 0 fully saturated rings. The maximum Gasteiger partial charge on any atom is 0.103 e. The average molecular weight is 343 g/mol. The molecule has 0 saturated carbocycles. The molecule has 0 amide bonds. The van der Waals surface area contributed by atoms with Gasteiger partial charge in [0.25, 0.3) is 0 Å². The summed E-state index contributed by atoms with van der Waals surface area (Å²) < 4.78 is -0.342. The van der Waals surface area contributed by atoms with Gasteiger partial charge in [-0.3, -0.25) is 0 Å². The van der Waals surface area contributed by atoms with Gasteiger partial charge < -0.3 is 0 Å². The van der Waals surface area contributed by atoms with Crippen LogP contribution in [0, 0.1) is 17.1 Å². The van der Waals surface area contributed by atoms with E-state index in [2.05, 4.69) is 116 Å². The first kappa shape index (κ1) is 17.4. The summed E-state index contributed by atoms with van der Waals surface area (Å²) in [7, 11) is 0. The maximum absolute atomic E-state index is 3.39. The highest BCUT2D eigenvalue weighted by molar-refractivity contribution is 8.05. The highest BCUT2D eigenvalue weighted by atomic mass is 32.2. The van der Waals surface area contributed by atoms with Crippen molar-refractivity contribution in [2.45, 2.75) is 18.6 Å². The lowest BCUT2D eigenvalue weighted by molar-refractivity contribution is 0.867. The van der Waals surface area contributed by atoms with Crippen molar-refractivity contribution in [3.05, 3.63) is 108 Å². The Bertz CT molecular complexity index is 743. The molecule has 0 atom stereocenters. The van der Waals surface area contributed by atoms with Crippen LogP contribution in [0.4, 0.5) is 0 Å². The first-order valence-electron chi connectivity index (χ1n) is 8.58. The summed E-state index contributed by atoms with van der Waals surface area (Å²) >= 11 is 1.70. The first-order chi connectivity index (χ1) is 12.2. The molecule has 0 unspecified atom stereocenters. The third-order valence-corrected chi connectivity index (χ3v) is 5.33. The van der Waals surface area contributed by atoms with E-state index in [9.17, 15) is 0 Å². The zero-order valence-electron chi connectivity index (χ0n) is 14.6. The SMILES string of the molecule is CC(C)C#CSC(c1ccccc1)(c1ccccc1)c1ccccc1. The predicted octanol–water partition coefficient (Wildman–Crippen LogP) is 6.33. The molecule has 0 bridgehead atoms. The minimum atomic E-state index is -0.342. The van der Waals surface area contributed by atoms with Crippen LogP contribution >= 0.6 is 11.8 Å². The summed E-state index contributed by atoms with van der Waals surface area (Å²) in [5, 5.41) is 3.39. The second-order valence-electron chi connectivity index (χ2n) is 6.28. The molecule has 124 valence electrons. The number of benzene rings is 3. The van der Waals surface area contributed by atoms with Gasteiger partial charge in [-0.05, 0) is 21.9 Å². The molecule has 0 aliphatic heterocycles. The maximum atomic E-state index is 3.39. The summed E-state index contributed by atoms with van der Waals surface area (Å²) in [6.45, 7) is 4.26. The van der Waals surface area contributed by atoms with Crippen LogP contribution in [0.15, 0.2) is 91.0 Å². The van der Waals surface area contributed by atoms with Crippen molar-refractivity contribution in [1.82, 2.24) is 0 Å². The van der Waals surface area contributed by atoms with Gasteiger partial charge in [0.2, 0.25) is 0 Å². The van der Waals surface area contributed by atoms with Gasteiger partial charge in [0.1, 0.15) is 4.75 Å². The number of rotatable bonds is 4. The van der Waals surface area contributed by atoms with Crippen LogP contribution in [0.5, 0.6) is 0 Å². The Kier molecular flexibility index (Phi) is 5.64. The fourth-order valence-corrected chi connectivity index (χ4v) is 4.13. The molecular formula is C24H22S. The molecule has 3 aromatic carbocycles. The molecule has 0 N–H and O–H groups in total. The molecule has 0 saturated heterocycles. The van der Waals surface area contributed by atoms with Crippen molar-refractivity contribution in [2.24, 2.45) is 5.92 Å². The summed E-state index contributed by atoms with van der Waals surface area (Å²) in [6.07, 6.45) is 0. The van der Waals surface area contributed by atoms with E-state index in [1.165, 1.54) is 16.7 Å². The third-order valence-electron chi connectivity index (χ3n) is 4.09. The fourth-order valence-electron chi connectivity index (χ4n) is 2.92. The molecule has 0 aliphatic carbocycles. The van der Waals surface area contributed by atoms with Crippen molar-refractivity contribution in [2.75, 3.05) is 0 Å². The minimum Gasteiger partial charge on any atom is -0.0884 e. The quantitative estimate of drug-likeness (QED) is 0.394. The molecule has 0 aliphatic rings. The van der Waals surface area contributed by atoms with E-state index in [4.69, 9.17) is 0 Å². The lowest BCUT2D eigenvalue weighted by Gasteiger charge is -2.33. The summed E-state index contributed by atoms with van der Waals surface area (Å²) in [4.78, 5) is 0. The van der Waals surface area contributed by atoms with E-state index >= 15 is 0 Å². The second-order valence-corrected chi connectivity index (χ2v) is 7.30. The fraction of sp³-hybridized carbons (Fsp3) is 0.167. The largest absolute Gasteiger partial charge is 0.103 e. The first-order valence-corrected chi connectivity index (χ1v) is 9.40. The molecule has 0 nitrogen and oxygen atoms in total. The van der Waals surface area contributed by atoms with Gasteiger partial charge in [0.05, 0.1) is 0 Å². The normalized spacial score (nSPS) is 11.0. The highest BCUT2D eigenvalue weighted by Crippen LogP contribution is 2.47. The summed E-state index contributed by atoms with van der Waals surface area (Å²) in [5.41, 5.74) is 3.74. The van der Waals surface area contributed by atoms with Crippen LogP contribution in [-0.4, -0.2) is 0 Å². The van der Waals surface area contributed by atoms with Gasteiger partial charge in [-0.2, -0.15) is 0 Å². The number of hydrogen-bond acceptors (Lipinski definition) is 1. The average Bonchev–Trinajstić information content (AvgIpc) is 2.67. The third kappa shape index (κ3) is 3.81. The van der Waals surface area contributed by atoms with Crippen molar-refractivity contribution in [3.8, 4) is 11.2 Å². The molecule has 1 heteroatoms. The van der Waals surface area contributed by atoms with E-state index in [0.29, 0.717) is 5.92 Å². The highest BCUT2D eigenvalue weighted by Gasteiger charge is 2.36. The monoisotopic (exact) mass is 342 g/mol. The molecule has 0 heterocycles. The van der Waals surface area contributed by atoms with Crippen LogP contribution in [-0.2, 0) is 4.75 Å². The lowest BCUT2D eigenvalue weighted by atomic mass is 9.84. The Morgan fingerprint density at radius 1 is 0.640 bits per heavy atom. The van der Waals surface area contributed by atoms with E-state index in [0.717, 1.165) is 0 Å². The molecule has 0 aromatic heterocycles. The van der Waals surface area contributed by atoms with Crippen LogP contribution in [0.2, 0.25) is 0 Å². The molecule has 3 aromatic rings. The Labute approximate surface area is 155 Å². The smallest absolute Gasteiger partial charge is 0.0884 e. The Balaban J connectivity index is 2.26. The number of hydrogen-bond donors (Lipinski definition) is 0. The van der Waals surface area contributed by atoms with E-state index in [1.54, 1.807) is 11.8 Å². The van der Waals surface area contributed by atoms with Gasteiger partial charge in [-0.15, -0.1) is 0 Å². The zero-order valence-corrected chi connectivity index (χ0v) is 15.5. The predicted molar refractivity (Wildman–Crippen MR) is 109 cm³/mol.